The van der Waals surface area contributed by atoms with Crippen molar-refractivity contribution in [3.63, 3.8) is 0 Å². The van der Waals surface area contributed by atoms with Crippen LogP contribution >= 0.6 is 0 Å². The van der Waals surface area contributed by atoms with Crippen molar-refractivity contribution in [1.82, 2.24) is 0 Å². The Morgan fingerprint density at radius 2 is 2.27 bits per heavy atom. The van der Waals surface area contributed by atoms with Crippen LogP contribution in [-0.4, -0.2) is 18.9 Å². The van der Waals surface area contributed by atoms with Crippen LogP contribution in [0.3, 0.4) is 0 Å². The first-order chi connectivity index (χ1) is 7.26. The van der Waals surface area contributed by atoms with Crippen molar-refractivity contribution in [2.24, 2.45) is 5.92 Å². The van der Waals surface area contributed by atoms with Crippen molar-refractivity contribution >= 4 is 12.3 Å². The molecule has 1 atom stereocenters. The fourth-order valence-electron chi connectivity index (χ4n) is 1.03. The maximum absolute atomic E-state index is 11.4. The Balaban J connectivity index is 4.14. The van der Waals surface area contributed by atoms with Crippen molar-refractivity contribution in [3.05, 3.63) is 12.2 Å². The van der Waals surface area contributed by atoms with E-state index in [2.05, 4.69) is 5.92 Å². The van der Waals surface area contributed by atoms with Crippen LogP contribution in [0.5, 0.6) is 0 Å². The second-order valence-electron chi connectivity index (χ2n) is 2.94. The Kier molecular flexibility index (Phi) is 8.08. The summed E-state index contributed by atoms with van der Waals surface area (Å²) in [7, 11) is 0. The number of esters is 1. The van der Waals surface area contributed by atoms with Crippen LogP contribution in [0, 0.1) is 18.3 Å². The van der Waals surface area contributed by atoms with E-state index in [9.17, 15) is 9.59 Å². The first kappa shape index (κ1) is 13.4. The summed E-state index contributed by atoms with van der Waals surface area (Å²) in [5.74, 6) is 1.73. The van der Waals surface area contributed by atoms with Crippen LogP contribution < -0.4 is 0 Å². The number of aldehydes is 1. The predicted octanol–water partition coefficient (Wildman–Crippen LogP) is 1.72. The van der Waals surface area contributed by atoms with Gasteiger partial charge in [0.15, 0.2) is 0 Å². The normalized spacial score (nSPS) is 12.0. The zero-order valence-electron chi connectivity index (χ0n) is 8.94. The smallest absolute Gasteiger partial charge is 0.313 e. The molecule has 0 fully saturated rings. The summed E-state index contributed by atoms with van der Waals surface area (Å²) in [6.07, 6.45) is 10.9. The molecular weight excluding hydrogens is 192 g/mol. The van der Waals surface area contributed by atoms with Gasteiger partial charge in [-0.1, -0.05) is 12.2 Å². The maximum Gasteiger partial charge on any atom is 0.313 e. The lowest BCUT2D eigenvalue weighted by atomic mass is 10.1. The lowest BCUT2D eigenvalue weighted by Crippen LogP contribution is -2.15. The molecule has 0 aromatic carbocycles. The minimum atomic E-state index is -0.387. The summed E-state index contributed by atoms with van der Waals surface area (Å²) in [4.78, 5) is 21.4. The van der Waals surface area contributed by atoms with Gasteiger partial charge in [0, 0.05) is 12.8 Å². The zero-order valence-corrected chi connectivity index (χ0v) is 8.94. The van der Waals surface area contributed by atoms with Crippen LogP contribution in [0.4, 0.5) is 0 Å². The highest BCUT2D eigenvalue weighted by Gasteiger charge is 2.14. The van der Waals surface area contributed by atoms with Crippen molar-refractivity contribution in [2.75, 3.05) is 6.61 Å². The summed E-state index contributed by atoms with van der Waals surface area (Å²) >= 11 is 0. The first-order valence-electron chi connectivity index (χ1n) is 4.96. The van der Waals surface area contributed by atoms with Crippen LogP contribution in [-0.2, 0) is 14.3 Å². The number of allylic oxidation sites excluding steroid dienone is 1. The average Bonchev–Trinajstić information content (AvgIpc) is 2.23. The summed E-state index contributed by atoms with van der Waals surface area (Å²) in [5, 5.41) is 0. The molecule has 0 aromatic heterocycles. The Hall–Kier alpha value is -1.56. The molecule has 0 rings (SSSR count). The topological polar surface area (TPSA) is 43.4 Å². The molecule has 0 aliphatic rings. The Morgan fingerprint density at radius 1 is 1.53 bits per heavy atom. The fraction of sp³-hybridized carbons (Fsp3) is 0.500. The number of carbonyl (C=O) groups is 2. The third-order valence-corrected chi connectivity index (χ3v) is 1.75. The van der Waals surface area contributed by atoms with E-state index in [0.717, 1.165) is 6.29 Å². The lowest BCUT2D eigenvalue weighted by molar-refractivity contribution is -0.146. The second-order valence-corrected chi connectivity index (χ2v) is 2.94. The number of unbranched alkanes of at least 4 members (excludes halogenated alkanes) is 1. The Bertz CT molecular complexity index is 261. The van der Waals surface area contributed by atoms with Gasteiger partial charge in [-0.2, -0.15) is 0 Å². The molecule has 82 valence electrons. The molecule has 0 amide bonds. The number of hydrogen-bond acceptors (Lipinski definition) is 3. The van der Waals surface area contributed by atoms with E-state index in [1.54, 1.807) is 19.1 Å². The van der Waals surface area contributed by atoms with E-state index < -0.39 is 0 Å². The molecule has 0 saturated heterocycles. The minimum Gasteiger partial charge on any atom is -0.466 e. The fourth-order valence-corrected chi connectivity index (χ4v) is 1.03. The highest BCUT2D eigenvalue weighted by Crippen LogP contribution is 2.08. The van der Waals surface area contributed by atoms with Crippen LogP contribution in [0.25, 0.3) is 0 Å². The molecule has 3 heteroatoms. The Morgan fingerprint density at radius 3 is 2.80 bits per heavy atom. The van der Waals surface area contributed by atoms with Crippen molar-refractivity contribution in [2.45, 2.75) is 26.2 Å². The van der Waals surface area contributed by atoms with Gasteiger partial charge in [0.05, 0.1) is 12.5 Å². The second kappa shape index (κ2) is 9.01. The molecule has 0 aromatic rings. The average molecular weight is 208 g/mol. The molecule has 0 saturated carbocycles. The van der Waals surface area contributed by atoms with Crippen molar-refractivity contribution < 1.29 is 14.3 Å². The maximum atomic E-state index is 11.4. The molecule has 3 nitrogen and oxygen atoms in total. The monoisotopic (exact) mass is 208 g/mol. The molecule has 0 spiro atoms. The van der Waals surface area contributed by atoms with Gasteiger partial charge in [0.1, 0.15) is 6.29 Å². The third-order valence-electron chi connectivity index (χ3n) is 1.75. The molecule has 0 aliphatic carbocycles. The standard InChI is InChI=1S/C12H16O3/c1-3-8-11(12(14)15-4-2)9-6-5-7-10-13/h1,6,9-11H,4-5,7-8H2,2H3/b9-6+. The van der Waals surface area contributed by atoms with E-state index in [4.69, 9.17) is 11.2 Å². The van der Waals surface area contributed by atoms with Crippen molar-refractivity contribution in [3.8, 4) is 12.3 Å². The lowest BCUT2D eigenvalue weighted by Gasteiger charge is -2.07. The van der Waals surface area contributed by atoms with Gasteiger partial charge in [0.25, 0.3) is 0 Å². The van der Waals surface area contributed by atoms with Gasteiger partial charge in [0.2, 0.25) is 0 Å². The number of terminal acetylenes is 1. The number of carbonyl (C=O) groups excluding carboxylic acids is 2. The number of hydrogen-bond donors (Lipinski definition) is 0. The minimum absolute atomic E-state index is 0.308. The molecule has 15 heavy (non-hydrogen) atoms. The van der Waals surface area contributed by atoms with Crippen molar-refractivity contribution in [1.29, 1.82) is 0 Å². The summed E-state index contributed by atoms with van der Waals surface area (Å²) in [5.41, 5.74) is 0. The molecule has 0 heterocycles. The SMILES string of the molecule is C#CCC(/C=C/CCC=O)C(=O)OCC. The summed E-state index contributed by atoms with van der Waals surface area (Å²) in [6, 6.07) is 0. The highest BCUT2D eigenvalue weighted by atomic mass is 16.5. The van der Waals surface area contributed by atoms with E-state index in [0.29, 0.717) is 25.9 Å². The van der Waals surface area contributed by atoms with Gasteiger partial charge < -0.3 is 9.53 Å². The molecule has 0 N–H and O–H groups in total. The Labute approximate surface area is 90.5 Å². The van der Waals surface area contributed by atoms with Crippen LogP contribution in [0.15, 0.2) is 12.2 Å². The largest absolute Gasteiger partial charge is 0.466 e. The number of rotatable bonds is 7. The zero-order chi connectivity index (χ0) is 11.5. The first-order valence-corrected chi connectivity index (χ1v) is 4.96. The quantitative estimate of drug-likeness (QED) is 0.210. The molecule has 1 unspecified atom stereocenters. The van der Waals surface area contributed by atoms with Gasteiger partial charge >= 0.3 is 5.97 Å². The van der Waals surface area contributed by atoms with E-state index >= 15 is 0 Å². The van der Waals surface area contributed by atoms with Gasteiger partial charge in [-0.25, -0.2) is 0 Å². The van der Waals surface area contributed by atoms with E-state index in [-0.39, 0.29) is 11.9 Å². The van der Waals surface area contributed by atoms with Gasteiger partial charge in [-0.15, -0.1) is 12.3 Å². The molecule has 0 bridgehead atoms. The predicted molar refractivity (Wildman–Crippen MR) is 58.0 cm³/mol. The van der Waals surface area contributed by atoms with Gasteiger partial charge in [-0.05, 0) is 13.3 Å². The molecular formula is C12H16O3. The number of ether oxygens (including phenoxy) is 1. The van der Waals surface area contributed by atoms with Gasteiger partial charge in [-0.3, -0.25) is 4.79 Å². The third kappa shape index (κ3) is 6.50. The summed E-state index contributed by atoms with van der Waals surface area (Å²) in [6.45, 7) is 2.10. The van der Waals surface area contributed by atoms with Crippen LogP contribution in [0.1, 0.15) is 26.2 Å². The van der Waals surface area contributed by atoms with E-state index in [1.807, 2.05) is 0 Å². The van der Waals surface area contributed by atoms with Crippen LogP contribution in [0.2, 0.25) is 0 Å². The highest BCUT2D eigenvalue weighted by molar-refractivity contribution is 5.74. The van der Waals surface area contributed by atoms with E-state index in [1.165, 1.54) is 0 Å². The molecule has 0 aliphatic heterocycles. The molecule has 0 radical (unpaired) electrons. The summed E-state index contributed by atoms with van der Waals surface area (Å²) < 4.78 is 4.86.